The van der Waals surface area contributed by atoms with Gasteiger partial charge in [-0.1, -0.05) is 36.4 Å². The van der Waals surface area contributed by atoms with Crippen molar-refractivity contribution in [1.29, 1.82) is 0 Å². The van der Waals surface area contributed by atoms with E-state index in [2.05, 4.69) is 10.4 Å². The van der Waals surface area contributed by atoms with Crippen LogP contribution in [0.25, 0.3) is 5.69 Å². The first-order valence-electron chi connectivity index (χ1n) is 11.9. The van der Waals surface area contributed by atoms with Gasteiger partial charge in [-0.05, 0) is 47.2 Å². The third-order valence-electron chi connectivity index (χ3n) is 5.85. The van der Waals surface area contributed by atoms with E-state index in [1.54, 1.807) is 31.2 Å². The summed E-state index contributed by atoms with van der Waals surface area (Å²) < 4.78 is 23.1. The number of methoxy groups -OCH3 is 3. The highest BCUT2D eigenvalue weighted by molar-refractivity contribution is 5.96. The quantitative estimate of drug-likeness (QED) is 0.235. The van der Waals surface area contributed by atoms with Crippen LogP contribution in [-0.2, 0) is 11.3 Å². The Morgan fingerprint density at radius 1 is 0.846 bits per heavy atom. The molecule has 202 valence electrons. The van der Waals surface area contributed by atoms with E-state index >= 15 is 0 Å². The summed E-state index contributed by atoms with van der Waals surface area (Å²) in [6.45, 7) is 2.00. The summed E-state index contributed by atoms with van der Waals surface area (Å²) in [4.78, 5) is 40.6. The van der Waals surface area contributed by atoms with E-state index in [9.17, 15) is 14.4 Å². The zero-order valence-electron chi connectivity index (χ0n) is 21.9. The highest BCUT2D eigenvalue weighted by atomic mass is 16.5. The van der Waals surface area contributed by atoms with Gasteiger partial charge >= 0.3 is 17.7 Å². The lowest BCUT2D eigenvalue weighted by molar-refractivity contribution is 0.0469. The molecule has 3 aromatic carbocycles. The zero-order valence-corrected chi connectivity index (χ0v) is 21.9. The number of hydrogen-bond acceptors (Lipinski definition) is 9. The van der Waals surface area contributed by atoms with Gasteiger partial charge in [-0.3, -0.25) is 4.90 Å². The average molecular weight is 534 g/mol. The molecule has 1 aromatic heterocycles. The van der Waals surface area contributed by atoms with Crippen molar-refractivity contribution in [3.63, 3.8) is 0 Å². The normalized spacial score (nSPS) is 10.6. The lowest BCUT2D eigenvalue weighted by atomic mass is 10.1. The van der Waals surface area contributed by atoms with Crippen molar-refractivity contribution in [3.8, 4) is 22.9 Å². The fourth-order valence-corrected chi connectivity index (χ4v) is 3.91. The van der Waals surface area contributed by atoms with E-state index in [1.165, 1.54) is 38.4 Å². The maximum absolute atomic E-state index is 13.4. The Morgan fingerprint density at radius 3 is 2.13 bits per heavy atom. The molecule has 0 saturated heterocycles. The highest BCUT2D eigenvalue weighted by Gasteiger charge is 2.26. The van der Waals surface area contributed by atoms with Crippen LogP contribution in [0.3, 0.4) is 0 Å². The maximum atomic E-state index is 13.4. The molecule has 12 heteroatoms. The predicted molar refractivity (Wildman–Crippen MR) is 141 cm³/mol. The Labute approximate surface area is 223 Å². The minimum atomic E-state index is -0.825. The second-order valence-corrected chi connectivity index (χ2v) is 8.07. The van der Waals surface area contributed by atoms with Crippen LogP contribution in [0.15, 0.2) is 71.5 Å². The maximum Gasteiger partial charge on any atom is 0.377 e. The third kappa shape index (κ3) is 5.44. The van der Waals surface area contributed by atoms with Gasteiger partial charge in [0.05, 0.1) is 21.3 Å². The van der Waals surface area contributed by atoms with Crippen molar-refractivity contribution in [3.05, 3.63) is 88.3 Å². The summed E-state index contributed by atoms with van der Waals surface area (Å²) in [5.74, 6) is 0.235. The summed E-state index contributed by atoms with van der Waals surface area (Å²) >= 11 is 0. The molecule has 4 aromatic rings. The number of para-hydroxylation sites is 1. The van der Waals surface area contributed by atoms with E-state index in [0.29, 0.717) is 21.9 Å². The average Bonchev–Trinajstić information content (AvgIpc) is 3.36. The number of aromatic nitrogens is 4. The highest BCUT2D eigenvalue weighted by Crippen LogP contribution is 2.31. The van der Waals surface area contributed by atoms with Gasteiger partial charge in [0.25, 0.3) is 0 Å². The first-order chi connectivity index (χ1) is 18.9. The van der Waals surface area contributed by atoms with Crippen molar-refractivity contribution >= 4 is 17.7 Å². The second kappa shape index (κ2) is 11.9. The van der Waals surface area contributed by atoms with Crippen LogP contribution in [0.4, 0.5) is 10.5 Å². The molecular weight excluding hydrogens is 506 g/mol. The lowest BCUT2D eigenvalue weighted by Crippen LogP contribution is -2.41. The molecule has 39 heavy (non-hydrogen) atoms. The number of tetrazole rings is 1. The smallest absolute Gasteiger partial charge is 0.377 e. The van der Waals surface area contributed by atoms with Crippen molar-refractivity contribution < 1.29 is 28.5 Å². The molecule has 0 fully saturated rings. The van der Waals surface area contributed by atoms with Crippen molar-refractivity contribution in [2.45, 2.75) is 13.5 Å². The van der Waals surface area contributed by atoms with Gasteiger partial charge in [0.1, 0.15) is 29.4 Å². The van der Waals surface area contributed by atoms with Gasteiger partial charge in [0, 0.05) is 18.3 Å². The molecule has 0 N–H and O–H groups in total. The van der Waals surface area contributed by atoms with Crippen LogP contribution in [0, 0.1) is 0 Å². The molecule has 4 rings (SSSR count). The number of carbonyl (C=O) groups is 2. The lowest BCUT2D eigenvalue weighted by Gasteiger charge is -2.21. The van der Waals surface area contributed by atoms with E-state index in [0.717, 1.165) is 10.2 Å². The van der Waals surface area contributed by atoms with E-state index in [-0.39, 0.29) is 30.2 Å². The van der Waals surface area contributed by atoms with Crippen LogP contribution < -0.4 is 24.8 Å². The SMILES string of the molecule is CCN(C(=O)n1nnn(-c2c(OC)cccc2OC)c1=O)c1ccc(C(=O)OCc2ccccc2)c(OC)c1. The zero-order chi connectivity index (χ0) is 27.9. The van der Waals surface area contributed by atoms with Gasteiger partial charge in [0.2, 0.25) is 0 Å². The van der Waals surface area contributed by atoms with Crippen molar-refractivity contribution in [2.75, 3.05) is 32.8 Å². The first-order valence-corrected chi connectivity index (χ1v) is 11.9. The number of carbonyl (C=O) groups excluding carboxylic acids is 2. The number of ether oxygens (including phenoxy) is 4. The molecule has 0 spiro atoms. The van der Waals surface area contributed by atoms with Gasteiger partial charge < -0.3 is 18.9 Å². The number of anilines is 1. The first kappa shape index (κ1) is 26.9. The minimum Gasteiger partial charge on any atom is -0.496 e. The molecule has 0 bridgehead atoms. The Balaban J connectivity index is 1.61. The van der Waals surface area contributed by atoms with Crippen LogP contribution in [0.2, 0.25) is 0 Å². The molecule has 0 atom stereocenters. The Hall–Kier alpha value is -5.13. The molecule has 0 aliphatic rings. The summed E-state index contributed by atoms with van der Waals surface area (Å²) in [6, 6.07) is 18.0. The molecule has 1 amide bonds. The van der Waals surface area contributed by atoms with Crippen molar-refractivity contribution in [1.82, 2.24) is 19.8 Å². The number of hydrogen-bond donors (Lipinski definition) is 0. The molecule has 0 saturated carbocycles. The van der Waals surface area contributed by atoms with Gasteiger partial charge in [0.15, 0.2) is 5.69 Å². The number of esters is 1. The number of amides is 1. The Bertz CT molecular complexity index is 1510. The van der Waals surface area contributed by atoms with Crippen LogP contribution in [-0.4, -0.2) is 59.7 Å². The molecule has 1 heterocycles. The summed E-state index contributed by atoms with van der Waals surface area (Å²) in [5.41, 5.74) is 0.778. The molecule has 0 unspecified atom stereocenters. The monoisotopic (exact) mass is 533 g/mol. The van der Waals surface area contributed by atoms with Crippen LogP contribution >= 0.6 is 0 Å². The molecule has 12 nitrogen and oxygen atoms in total. The Kier molecular flexibility index (Phi) is 8.24. The summed E-state index contributed by atoms with van der Waals surface area (Å²) in [5, 5.41) is 7.66. The molecule has 0 aliphatic heterocycles. The fraction of sp³-hybridized carbons (Fsp3) is 0.222. The van der Waals surface area contributed by atoms with E-state index in [4.69, 9.17) is 18.9 Å². The van der Waals surface area contributed by atoms with E-state index < -0.39 is 17.7 Å². The number of benzene rings is 3. The van der Waals surface area contributed by atoms with Crippen LogP contribution in [0.5, 0.6) is 17.2 Å². The summed E-state index contributed by atoms with van der Waals surface area (Å²) in [7, 11) is 4.28. The van der Waals surface area contributed by atoms with Crippen molar-refractivity contribution in [2.24, 2.45) is 0 Å². The van der Waals surface area contributed by atoms with E-state index in [1.807, 2.05) is 30.3 Å². The molecule has 0 aliphatic carbocycles. The third-order valence-corrected chi connectivity index (χ3v) is 5.85. The Morgan fingerprint density at radius 2 is 1.51 bits per heavy atom. The predicted octanol–water partition coefficient (Wildman–Crippen LogP) is 3.31. The summed E-state index contributed by atoms with van der Waals surface area (Å²) in [6.07, 6.45) is 0. The van der Waals surface area contributed by atoms with Gasteiger partial charge in [-0.15, -0.1) is 4.68 Å². The number of rotatable bonds is 9. The second-order valence-electron chi connectivity index (χ2n) is 8.07. The minimum absolute atomic E-state index is 0.0969. The standard InChI is InChI=1S/C27H27N5O7/c1-5-30(19-14-15-20(23(16-19)38-4)25(33)39-17-18-10-7-6-8-11-18)26(34)32-27(35)31(28-29-32)24-21(36-2)12-9-13-22(24)37-3/h6-16H,5,17H2,1-4H3. The van der Waals surface area contributed by atoms with Gasteiger partial charge in [-0.2, -0.15) is 4.68 Å². The molecular formula is C27H27N5O7. The topological polar surface area (TPSA) is 127 Å². The molecule has 0 radical (unpaired) electrons. The van der Waals surface area contributed by atoms with Gasteiger partial charge in [-0.25, -0.2) is 14.4 Å². The fourth-order valence-electron chi connectivity index (χ4n) is 3.91. The largest absolute Gasteiger partial charge is 0.496 e. The van der Waals surface area contributed by atoms with Crippen LogP contribution in [0.1, 0.15) is 22.8 Å². The number of nitrogens with zero attached hydrogens (tertiary/aromatic N) is 5.